The molecule has 1 unspecified atom stereocenters. The molecule has 0 aliphatic heterocycles. The van der Waals surface area contributed by atoms with Crippen LogP contribution in [0.25, 0.3) is 0 Å². The number of carboxylic acid groups (broad SMARTS) is 1. The number of carboxylic acids is 1. The van der Waals surface area contributed by atoms with Crippen molar-refractivity contribution in [2.45, 2.75) is 24.3 Å². The Bertz CT molecular complexity index is 513. The molecule has 0 radical (unpaired) electrons. The molecule has 0 fully saturated rings. The Labute approximate surface area is 99.6 Å². The summed E-state index contributed by atoms with van der Waals surface area (Å²) in [5.74, 6) is -1.41. The standard InChI is InChI=1S/C11H14O5S/c1-3-17(15,16)9-6-4-8(5-7-9)11(2,14)10(12)13/h4-7,14H,3H2,1-2H3,(H,12,13). The second-order valence-electron chi connectivity index (χ2n) is 3.81. The van der Waals surface area contributed by atoms with Crippen LogP contribution in [0.4, 0.5) is 0 Å². The van der Waals surface area contributed by atoms with Crippen LogP contribution in [0.15, 0.2) is 29.2 Å². The average molecular weight is 258 g/mol. The first-order chi connectivity index (χ1) is 7.71. The van der Waals surface area contributed by atoms with E-state index in [9.17, 15) is 18.3 Å². The van der Waals surface area contributed by atoms with Crippen LogP contribution in [0.3, 0.4) is 0 Å². The maximum absolute atomic E-state index is 11.5. The Kier molecular flexibility index (Phi) is 3.59. The van der Waals surface area contributed by atoms with Gasteiger partial charge < -0.3 is 10.2 Å². The summed E-state index contributed by atoms with van der Waals surface area (Å²) in [5.41, 5.74) is -1.88. The molecule has 17 heavy (non-hydrogen) atoms. The molecule has 1 aromatic carbocycles. The third-order valence-electron chi connectivity index (χ3n) is 2.57. The smallest absolute Gasteiger partial charge is 0.340 e. The Morgan fingerprint density at radius 2 is 1.76 bits per heavy atom. The molecule has 0 saturated carbocycles. The molecule has 0 aromatic heterocycles. The average Bonchev–Trinajstić information content (AvgIpc) is 2.29. The summed E-state index contributed by atoms with van der Waals surface area (Å²) in [6.07, 6.45) is 0. The van der Waals surface area contributed by atoms with Crippen LogP contribution in [0.2, 0.25) is 0 Å². The van der Waals surface area contributed by atoms with Crippen molar-refractivity contribution in [2.75, 3.05) is 5.75 Å². The third kappa shape index (κ3) is 2.65. The summed E-state index contributed by atoms with van der Waals surface area (Å²) in [6.45, 7) is 2.66. The van der Waals surface area contributed by atoms with Gasteiger partial charge in [0, 0.05) is 0 Å². The highest BCUT2D eigenvalue weighted by Gasteiger charge is 2.32. The van der Waals surface area contributed by atoms with E-state index in [2.05, 4.69) is 0 Å². The number of hydrogen-bond acceptors (Lipinski definition) is 4. The van der Waals surface area contributed by atoms with Gasteiger partial charge in [-0.05, 0) is 24.6 Å². The lowest BCUT2D eigenvalue weighted by molar-refractivity contribution is -0.157. The molecule has 2 N–H and O–H groups in total. The molecule has 94 valence electrons. The van der Waals surface area contributed by atoms with Crippen molar-refractivity contribution < 1.29 is 23.4 Å². The first-order valence-electron chi connectivity index (χ1n) is 5.01. The summed E-state index contributed by atoms with van der Waals surface area (Å²) in [7, 11) is -3.31. The van der Waals surface area contributed by atoms with Gasteiger partial charge in [-0.15, -0.1) is 0 Å². The highest BCUT2D eigenvalue weighted by molar-refractivity contribution is 7.91. The van der Waals surface area contributed by atoms with E-state index < -0.39 is 21.4 Å². The second kappa shape index (κ2) is 4.46. The molecule has 0 aliphatic carbocycles. The number of hydrogen-bond donors (Lipinski definition) is 2. The van der Waals surface area contributed by atoms with Crippen molar-refractivity contribution in [1.29, 1.82) is 0 Å². The highest BCUT2D eigenvalue weighted by Crippen LogP contribution is 2.22. The van der Waals surface area contributed by atoms with Gasteiger partial charge in [-0.25, -0.2) is 13.2 Å². The number of aliphatic carboxylic acids is 1. The van der Waals surface area contributed by atoms with Crippen molar-refractivity contribution in [1.82, 2.24) is 0 Å². The van der Waals surface area contributed by atoms with Gasteiger partial charge in [0.25, 0.3) is 0 Å². The van der Waals surface area contributed by atoms with Crippen molar-refractivity contribution in [3.63, 3.8) is 0 Å². The van der Waals surface area contributed by atoms with Gasteiger partial charge in [-0.3, -0.25) is 0 Å². The van der Waals surface area contributed by atoms with Crippen LogP contribution >= 0.6 is 0 Å². The molecule has 1 atom stereocenters. The first kappa shape index (κ1) is 13.7. The molecule has 0 bridgehead atoms. The summed E-state index contributed by atoms with van der Waals surface area (Å²) in [6, 6.07) is 5.20. The number of sulfone groups is 1. The maximum atomic E-state index is 11.5. The van der Waals surface area contributed by atoms with E-state index in [0.29, 0.717) is 0 Å². The zero-order valence-electron chi connectivity index (χ0n) is 9.54. The molecule has 6 heteroatoms. The van der Waals surface area contributed by atoms with Gasteiger partial charge in [-0.2, -0.15) is 0 Å². The van der Waals surface area contributed by atoms with Gasteiger partial charge in [0.2, 0.25) is 0 Å². The van der Waals surface area contributed by atoms with E-state index in [1.54, 1.807) is 0 Å². The minimum Gasteiger partial charge on any atom is -0.479 e. The Morgan fingerprint density at radius 3 is 2.12 bits per heavy atom. The Morgan fingerprint density at radius 1 is 1.29 bits per heavy atom. The molecular weight excluding hydrogens is 244 g/mol. The van der Waals surface area contributed by atoms with E-state index in [0.717, 1.165) is 6.92 Å². The van der Waals surface area contributed by atoms with E-state index in [1.807, 2.05) is 0 Å². The molecule has 0 amide bonds. The molecule has 5 nitrogen and oxygen atoms in total. The molecule has 0 aliphatic rings. The summed E-state index contributed by atoms with van der Waals surface area (Å²) < 4.78 is 23.0. The zero-order chi connectivity index (χ0) is 13.3. The minimum atomic E-state index is -3.31. The maximum Gasteiger partial charge on any atom is 0.340 e. The van der Waals surface area contributed by atoms with Crippen LogP contribution in [-0.2, 0) is 20.2 Å². The van der Waals surface area contributed by atoms with E-state index in [1.165, 1.54) is 31.2 Å². The molecular formula is C11H14O5S. The predicted octanol–water partition coefficient (Wildman–Crippen LogP) is 0.772. The van der Waals surface area contributed by atoms with Crippen molar-refractivity contribution in [2.24, 2.45) is 0 Å². The monoisotopic (exact) mass is 258 g/mol. The van der Waals surface area contributed by atoms with Crippen molar-refractivity contribution in [3.05, 3.63) is 29.8 Å². The minimum absolute atomic E-state index is 0.0261. The van der Waals surface area contributed by atoms with Gasteiger partial charge in [0.1, 0.15) is 0 Å². The lowest BCUT2D eigenvalue weighted by Gasteiger charge is -2.18. The topological polar surface area (TPSA) is 91.7 Å². The zero-order valence-corrected chi connectivity index (χ0v) is 10.4. The second-order valence-corrected chi connectivity index (χ2v) is 6.08. The molecule has 0 heterocycles. The Hall–Kier alpha value is -1.40. The quantitative estimate of drug-likeness (QED) is 0.832. The third-order valence-corrected chi connectivity index (χ3v) is 4.32. The van der Waals surface area contributed by atoms with Gasteiger partial charge in [0.05, 0.1) is 10.6 Å². The van der Waals surface area contributed by atoms with Crippen LogP contribution in [-0.4, -0.2) is 30.4 Å². The van der Waals surface area contributed by atoms with Gasteiger partial charge >= 0.3 is 5.97 Å². The number of aliphatic hydroxyl groups is 1. The van der Waals surface area contributed by atoms with Crippen LogP contribution in [0, 0.1) is 0 Å². The van der Waals surface area contributed by atoms with Crippen molar-refractivity contribution in [3.8, 4) is 0 Å². The largest absolute Gasteiger partial charge is 0.479 e. The number of carbonyl (C=O) groups is 1. The fourth-order valence-corrected chi connectivity index (χ4v) is 2.16. The molecule has 0 saturated heterocycles. The molecule has 1 rings (SSSR count). The predicted molar refractivity (Wildman–Crippen MR) is 61.4 cm³/mol. The summed E-state index contributed by atoms with van der Waals surface area (Å²) >= 11 is 0. The lowest BCUT2D eigenvalue weighted by atomic mass is 9.97. The fourth-order valence-electron chi connectivity index (χ4n) is 1.28. The van der Waals surface area contributed by atoms with Crippen LogP contribution in [0.5, 0.6) is 0 Å². The van der Waals surface area contributed by atoms with E-state index in [-0.39, 0.29) is 16.2 Å². The normalized spacial score (nSPS) is 15.2. The van der Waals surface area contributed by atoms with E-state index >= 15 is 0 Å². The van der Waals surface area contributed by atoms with Gasteiger partial charge in [0.15, 0.2) is 15.4 Å². The highest BCUT2D eigenvalue weighted by atomic mass is 32.2. The number of benzene rings is 1. The van der Waals surface area contributed by atoms with Gasteiger partial charge in [-0.1, -0.05) is 19.1 Å². The van der Waals surface area contributed by atoms with Crippen LogP contribution in [0.1, 0.15) is 19.4 Å². The fraction of sp³-hybridized carbons (Fsp3) is 0.364. The van der Waals surface area contributed by atoms with E-state index in [4.69, 9.17) is 5.11 Å². The number of rotatable bonds is 4. The van der Waals surface area contributed by atoms with Crippen molar-refractivity contribution >= 4 is 15.8 Å². The molecule has 1 aromatic rings. The SMILES string of the molecule is CCS(=O)(=O)c1ccc(C(C)(O)C(=O)O)cc1. The summed E-state index contributed by atoms with van der Waals surface area (Å²) in [4.78, 5) is 10.9. The first-order valence-corrected chi connectivity index (χ1v) is 6.66. The van der Waals surface area contributed by atoms with Crippen LogP contribution < -0.4 is 0 Å². The molecule has 0 spiro atoms. The lowest BCUT2D eigenvalue weighted by Crippen LogP contribution is -2.31. The summed E-state index contributed by atoms with van der Waals surface area (Å²) in [5, 5.41) is 18.5. The Balaban J connectivity index is 3.18.